The molecule has 0 N–H and O–H groups in total. The van der Waals surface area contributed by atoms with Gasteiger partial charge in [-0.1, -0.05) is 37.6 Å². The Kier molecular flexibility index (Phi) is 6.06. The van der Waals surface area contributed by atoms with Gasteiger partial charge in [-0.05, 0) is 67.4 Å². The van der Waals surface area contributed by atoms with E-state index in [0.717, 1.165) is 25.9 Å². The lowest BCUT2D eigenvalue weighted by molar-refractivity contribution is -0.113. The van der Waals surface area contributed by atoms with Crippen molar-refractivity contribution < 1.29 is 4.79 Å². The normalized spacial score (nSPS) is 17.3. The molecule has 1 heterocycles. The van der Waals surface area contributed by atoms with Gasteiger partial charge in [0.25, 0.3) is 0 Å². The molecule has 110 valence electrons. The first kappa shape index (κ1) is 15.5. The van der Waals surface area contributed by atoms with Gasteiger partial charge >= 0.3 is 0 Å². The van der Waals surface area contributed by atoms with E-state index >= 15 is 0 Å². The number of benzene rings is 1. The van der Waals surface area contributed by atoms with Crippen LogP contribution in [-0.2, 0) is 11.2 Å². The molecule has 0 spiro atoms. The van der Waals surface area contributed by atoms with Crippen molar-refractivity contribution in [1.82, 2.24) is 4.90 Å². The van der Waals surface area contributed by atoms with E-state index in [1.165, 1.54) is 30.4 Å². The zero-order valence-corrected chi connectivity index (χ0v) is 13.0. The molecule has 0 bridgehead atoms. The quantitative estimate of drug-likeness (QED) is 0.740. The third-order valence-corrected chi connectivity index (χ3v) is 4.33. The topological polar surface area (TPSA) is 20.3 Å². The van der Waals surface area contributed by atoms with Crippen LogP contribution in [0.4, 0.5) is 0 Å². The highest BCUT2D eigenvalue weighted by molar-refractivity contribution is 6.64. The zero-order valence-electron chi connectivity index (χ0n) is 12.3. The standard InChI is InChI=1S/C17H24ClNO/c1-2-3-4-14-5-7-15(8-6-14)16-9-11-19(12-10-16)13-17(18)20/h5-8,16H,2-4,9-13H2,1H3. The second kappa shape index (κ2) is 7.80. The van der Waals surface area contributed by atoms with Gasteiger partial charge in [-0.15, -0.1) is 0 Å². The molecule has 0 amide bonds. The summed E-state index contributed by atoms with van der Waals surface area (Å²) >= 11 is 5.44. The van der Waals surface area contributed by atoms with Crippen LogP contribution < -0.4 is 0 Å². The van der Waals surface area contributed by atoms with Crippen LogP contribution >= 0.6 is 11.6 Å². The molecule has 2 nitrogen and oxygen atoms in total. The molecule has 0 radical (unpaired) electrons. The molecular formula is C17H24ClNO. The van der Waals surface area contributed by atoms with Crippen LogP contribution in [0.2, 0.25) is 0 Å². The first-order valence-corrected chi connectivity index (χ1v) is 8.06. The van der Waals surface area contributed by atoms with Crippen LogP contribution in [0.1, 0.15) is 49.7 Å². The lowest BCUT2D eigenvalue weighted by Crippen LogP contribution is -2.35. The maximum Gasteiger partial charge on any atom is 0.235 e. The van der Waals surface area contributed by atoms with E-state index in [9.17, 15) is 4.79 Å². The average molecular weight is 294 g/mol. The Balaban J connectivity index is 1.85. The molecule has 3 heteroatoms. The molecule has 20 heavy (non-hydrogen) atoms. The zero-order chi connectivity index (χ0) is 14.4. The fraction of sp³-hybridized carbons (Fsp3) is 0.588. The van der Waals surface area contributed by atoms with E-state index in [4.69, 9.17) is 11.6 Å². The van der Waals surface area contributed by atoms with E-state index in [0.29, 0.717) is 12.5 Å². The highest BCUT2D eigenvalue weighted by atomic mass is 35.5. The summed E-state index contributed by atoms with van der Waals surface area (Å²) < 4.78 is 0. The van der Waals surface area contributed by atoms with Crippen molar-refractivity contribution in [1.29, 1.82) is 0 Å². The summed E-state index contributed by atoms with van der Waals surface area (Å²) in [6, 6.07) is 9.13. The number of aryl methyl sites for hydroxylation is 1. The molecule has 0 unspecified atom stereocenters. The van der Waals surface area contributed by atoms with Crippen molar-refractivity contribution in [2.75, 3.05) is 19.6 Å². The van der Waals surface area contributed by atoms with E-state index in [1.807, 2.05) is 0 Å². The molecule has 2 rings (SSSR count). The summed E-state index contributed by atoms with van der Waals surface area (Å²) in [5, 5.41) is -0.247. The third-order valence-electron chi connectivity index (χ3n) is 4.21. The number of carbonyl (C=O) groups is 1. The van der Waals surface area contributed by atoms with Crippen molar-refractivity contribution in [3.8, 4) is 0 Å². The van der Waals surface area contributed by atoms with Crippen molar-refractivity contribution in [3.63, 3.8) is 0 Å². The minimum atomic E-state index is -0.247. The van der Waals surface area contributed by atoms with E-state index in [2.05, 4.69) is 36.1 Å². The maximum absolute atomic E-state index is 10.9. The molecule has 0 aliphatic carbocycles. The van der Waals surface area contributed by atoms with E-state index in [1.54, 1.807) is 0 Å². The van der Waals surface area contributed by atoms with Gasteiger partial charge in [0.05, 0.1) is 6.54 Å². The van der Waals surface area contributed by atoms with Gasteiger partial charge in [0.15, 0.2) is 0 Å². The van der Waals surface area contributed by atoms with E-state index < -0.39 is 0 Å². The third kappa shape index (κ3) is 4.60. The van der Waals surface area contributed by atoms with Gasteiger partial charge in [-0.2, -0.15) is 0 Å². The fourth-order valence-electron chi connectivity index (χ4n) is 2.94. The molecule has 1 aliphatic heterocycles. The first-order valence-electron chi connectivity index (χ1n) is 7.68. The van der Waals surface area contributed by atoms with E-state index in [-0.39, 0.29) is 5.24 Å². The Bertz CT molecular complexity index is 421. The van der Waals surface area contributed by atoms with Crippen LogP contribution in [0.3, 0.4) is 0 Å². The highest BCUT2D eigenvalue weighted by Crippen LogP contribution is 2.28. The summed E-state index contributed by atoms with van der Waals surface area (Å²) in [5.41, 5.74) is 2.89. The summed E-state index contributed by atoms with van der Waals surface area (Å²) in [6.07, 6.45) is 5.95. The largest absolute Gasteiger partial charge is 0.295 e. The van der Waals surface area contributed by atoms with Crippen LogP contribution in [0.25, 0.3) is 0 Å². The number of nitrogens with zero attached hydrogens (tertiary/aromatic N) is 1. The molecule has 0 saturated carbocycles. The van der Waals surface area contributed by atoms with Crippen molar-refractivity contribution >= 4 is 16.8 Å². The SMILES string of the molecule is CCCCc1ccc(C2CCN(CC(=O)Cl)CC2)cc1. The lowest BCUT2D eigenvalue weighted by Gasteiger charge is -2.31. The number of halogens is 1. The second-order valence-corrected chi connectivity index (χ2v) is 6.17. The Morgan fingerprint density at radius 2 is 1.90 bits per heavy atom. The Morgan fingerprint density at radius 3 is 2.45 bits per heavy atom. The monoisotopic (exact) mass is 293 g/mol. The van der Waals surface area contributed by atoms with Crippen LogP contribution in [0.15, 0.2) is 24.3 Å². The molecule has 1 fully saturated rings. The second-order valence-electron chi connectivity index (χ2n) is 5.75. The fourth-order valence-corrected chi connectivity index (χ4v) is 3.11. The van der Waals surface area contributed by atoms with Gasteiger partial charge in [0, 0.05) is 0 Å². The minimum absolute atomic E-state index is 0.247. The molecule has 1 aliphatic rings. The summed E-state index contributed by atoms with van der Waals surface area (Å²) in [4.78, 5) is 13.1. The van der Waals surface area contributed by atoms with Gasteiger partial charge in [0.1, 0.15) is 0 Å². The molecule has 1 saturated heterocycles. The van der Waals surface area contributed by atoms with Crippen molar-refractivity contribution in [3.05, 3.63) is 35.4 Å². The lowest BCUT2D eigenvalue weighted by atomic mass is 9.88. The molecule has 1 aromatic carbocycles. The Labute approximate surface area is 127 Å². The van der Waals surface area contributed by atoms with Crippen molar-refractivity contribution in [2.24, 2.45) is 0 Å². The number of piperidine rings is 1. The van der Waals surface area contributed by atoms with Gasteiger partial charge < -0.3 is 0 Å². The average Bonchev–Trinajstić information content (AvgIpc) is 2.46. The van der Waals surface area contributed by atoms with Crippen LogP contribution in [-0.4, -0.2) is 29.8 Å². The van der Waals surface area contributed by atoms with Gasteiger partial charge in [0.2, 0.25) is 5.24 Å². The van der Waals surface area contributed by atoms with Crippen molar-refractivity contribution in [2.45, 2.75) is 44.9 Å². The number of hydrogen-bond donors (Lipinski definition) is 0. The number of carbonyl (C=O) groups excluding carboxylic acids is 1. The smallest absolute Gasteiger partial charge is 0.235 e. The number of rotatable bonds is 6. The maximum atomic E-state index is 10.9. The number of unbranched alkanes of at least 4 members (excludes halogenated alkanes) is 1. The first-order chi connectivity index (χ1) is 9.69. The Hall–Kier alpha value is -0.860. The summed E-state index contributed by atoms with van der Waals surface area (Å²) in [5.74, 6) is 0.636. The summed E-state index contributed by atoms with van der Waals surface area (Å²) in [6.45, 7) is 4.57. The molecular weight excluding hydrogens is 270 g/mol. The predicted octanol–water partition coefficient (Wildman–Crippen LogP) is 3.97. The predicted molar refractivity (Wildman–Crippen MR) is 84.3 cm³/mol. The summed E-state index contributed by atoms with van der Waals surface area (Å²) in [7, 11) is 0. The van der Waals surface area contributed by atoms with Crippen LogP contribution in [0, 0.1) is 0 Å². The molecule has 0 atom stereocenters. The molecule has 0 aromatic heterocycles. The number of likely N-dealkylation sites (tertiary alicyclic amines) is 1. The van der Waals surface area contributed by atoms with Crippen LogP contribution in [0.5, 0.6) is 0 Å². The number of hydrogen-bond acceptors (Lipinski definition) is 2. The van der Waals surface area contributed by atoms with Gasteiger partial charge in [-0.25, -0.2) is 0 Å². The molecule has 1 aromatic rings. The van der Waals surface area contributed by atoms with Gasteiger partial charge in [-0.3, -0.25) is 9.69 Å². The highest BCUT2D eigenvalue weighted by Gasteiger charge is 2.21. The Morgan fingerprint density at radius 1 is 1.25 bits per heavy atom. The minimum Gasteiger partial charge on any atom is -0.295 e.